The molecule has 1 aromatic carbocycles. The van der Waals surface area contributed by atoms with Crippen LogP contribution in [0.1, 0.15) is 104 Å². The summed E-state index contributed by atoms with van der Waals surface area (Å²) in [6, 6.07) is 14.6. The maximum absolute atomic E-state index is 13.9. The predicted molar refractivity (Wildman–Crippen MR) is 238 cm³/mol. The number of aromatic nitrogens is 3. The van der Waals surface area contributed by atoms with Crippen LogP contribution in [0, 0.1) is 17.2 Å². The van der Waals surface area contributed by atoms with Gasteiger partial charge in [0.2, 0.25) is 5.91 Å². The van der Waals surface area contributed by atoms with Crippen molar-refractivity contribution < 1.29 is 33.5 Å². The Morgan fingerprint density at radius 3 is 2.63 bits per heavy atom. The van der Waals surface area contributed by atoms with Crippen molar-refractivity contribution in [1.82, 2.24) is 24.9 Å². The highest BCUT2D eigenvalue weighted by Gasteiger charge is 2.41. The number of nitrogens with zero attached hydrogens (tertiary/aromatic N) is 8. The largest absolute Gasteiger partial charge is 0.476 e. The zero-order valence-electron chi connectivity index (χ0n) is 36.3. The third-order valence-corrected chi connectivity index (χ3v) is 12.7. The van der Waals surface area contributed by atoms with Crippen molar-refractivity contribution in [1.29, 1.82) is 5.26 Å². The molecule has 3 aromatic heterocycles. The molecular formula is C45H58N10O7S. The lowest BCUT2D eigenvalue weighted by atomic mass is 9.85. The summed E-state index contributed by atoms with van der Waals surface area (Å²) in [5, 5.41) is 21.2. The monoisotopic (exact) mass is 882 g/mol. The maximum Gasteiger partial charge on any atom is 0.329 e. The lowest BCUT2D eigenvalue weighted by Crippen LogP contribution is -2.44. The van der Waals surface area contributed by atoms with Crippen LogP contribution in [0.5, 0.6) is 5.88 Å². The van der Waals surface area contributed by atoms with Crippen LogP contribution in [0.15, 0.2) is 58.2 Å². The first kappa shape index (κ1) is 46.6. The zero-order chi connectivity index (χ0) is 44.9. The first-order chi connectivity index (χ1) is 30.6. The number of nitrogens with two attached hydrogens (primary N) is 2. The van der Waals surface area contributed by atoms with Crippen LogP contribution in [-0.2, 0) is 32.1 Å². The summed E-state index contributed by atoms with van der Waals surface area (Å²) >= 11 is 1.37. The summed E-state index contributed by atoms with van der Waals surface area (Å²) in [6.45, 7) is 9.25. The topological polar surface area (TPSA) is 240 Å². The molecule has 0 saturated carbocycles. The van der Waals surface area contributed by atoms with Gasteiger partial charge in [-0.15, -0.1) is 11.3 Å². The third kappa shape index (κ3) is 11.6. The van der Waals surface area contributed by atoms with Gasteiger partial charge in [0.1, 0.15) is 35.5 Å². The molecule has 2 saturated heterocycles. The van der Waals surface area contributed by atoms with E-state index in [4.69, 9.17) is 30.6 Å². The van der Waals surface area contributed by atoms with Crippen molar-refractivity contribution in [2.45, 2.75) is 89.7 Å². The van der Waals surface area contributed by atoms with E-state index in [0.29, 0.717) is 53.8 Å². The number of anilines is 2. The second kappa shape index (κ2) is 22.5. The van der Waals surface area contributed by atoms with E-state index in [2.05, 4.69) is 36.0 Å². The molecule has 2 aliphatic heterocycles. The van der Waals surface area contributed by atoms with Crippen LogP contribution in [0.3, 0.4) is 0 Å². The molecule has 63 heavy (non-hydrogen) atoms. The molecule has 336 valence electrons. The van der Waals surface area contributed by atoms with E-state index in [-0.39, 0.29) is 30.1 Å². The lowest BCUT2D eigenvalue weighted by Gasteiger charge is -2.28. The number of aliphatic imine (C=N–C) groups is 1. The first-order valence-corrected chi connectivity index (χ1v) is 22.5. The summed E-state index contributed by atoms with van der Waals surface area (Å²) in [6.07, 6.45) is 7.76. The highest BCUT2D eigenvalue weighted by molar-refractivity contribution is 7.16. The zero-order valence-corrected chi connectivity index (χ0v) is 37.1. The number of carbonyl (C=O) groups excluding carboxylic acids is 3. The summed E-state index contributed by atoms with van der Waals surface area (Å²) < 4.78 is 17.2. The van der Waals surface area contributed by atoms with Gasteiger partial charge in [-0.1, -0.05) is 44.2 Å². The number of nitriles is 1. The minimum atomic E-state index is -0.629. The molecule has 18 heteroatoms. The van der Waals surface area contributed by atoms with E-state index in [1.54, 1.807) is 17.2 Å². The van der Waals surface area contributed by atoms with Crippen LogP contribution in [-0.4, -0.2) is 113 Å². The number of aryl methyl sites for hydroxylation is 1. The van der Waals surface area contributed by atoms with E-state index in [9.17, 15) is 19.6 Å². The Labute approximate surface area is 372 Å². The summed E-state index contributed by atoms with van der Waals surface area (Å²) in [5.74, 6) is -0.635. The minimum absolute atomic E-state index is 0.0522. The number of amides is 2. The summed E-state index contributed by atoms with van der Waals surface area (Å²) in [5.41, 5.74) is 14.3. The molecular weight excluding hydrogens is 825 g/mol. The fourth-order valence-electron chi connectivity index (χ4n) is 8.47. The number of likely N-dealkylation sites (tertiary alicyclic amines) is 1. The molecule has 3 atom stereocenters. The Bertz CT molecular complexity index is 2240. The minimum Gasteiger partial charge on any atom is -0.476 e. The highest BCUT2D eigenvalue weighted by Crippen LogP contribution is 2.42. The fourth-order valence-corrected chi connectivity index (χ4v) is 9.60. The number of rotatable bonds is 15. The van der Waals surface area contributed by atoms with Gasteiger partial charge in [-0.05, 0) is 92.7 Å². The van der Waals surface area contributed by atoms with Crippen molar-refractivity contribution in [3.05, 3.63) is 81.8 Å². The SMILES string of the molecule is CC(C)C(C(=O)N1CCCC1C(=O)OCc1ccccc1)c1cc(OCCCCN2CCCN(c3ccnc(C(N)=NC(=O)C4CCCc5sc(N)c(C#N)c54)n3)CC2)no1.CO. The molecule has 0 radical (unpaired) electrons. The molecule has 7 rings (SSSR count). The Morgan fingerprint density at radius 2 is 1.86 bits per heavy atom. The second-order valence-electron chi connectivity index (χ2n) is 16.1. The number of amidine groups is 1. The van der Waals surface area contributed by atoms with Crippen LogP contribution >= 0.6 is 11.3 Å². The number of nitrogen functional groups attached to an aromatic ring is 1. The van der Waals surface area contributed by atoms with Crippen molar-refractivity contribution in [3.63, 3.8) is 0 Å². The van der Waals surface area contributed by atoms with Crippen LogP contribution in [0.2, 0.25) is 0 Å². The number of unbranched alkanes of at least 4 members (excludes halogenated alkanes) is 1. The van der Waals surface area contributed by atoms with Gasteiger partial charge in [-0.2, -0.15) is 10.3 Å². The quantitative estimate of drug-likeness (QED) is 0.0630. The van der Waals surface area contributed by atoms with Gasteiger partial charge in [-0.3, -0.25) is 9.59 Å². The van der Waals surface area contributed by atoms with Gasteiger partial charge >= 0.3 is 5.97 Å². The number of hydrogen-bond acceptors (Lipinski definition) is 15. The molecule has 5 N–H and O–H groups in total. The maximum atomic E-state index is 13.9. The number of esters is 1. The van der Waals surface area contributed by atoms with E-state index < -0.39 is 29.8 Å². The number of carbonyl (C=O) groups is 3. The Balaban J connectivity index is 0.00000326. The van der Waals surface area contributed by atoms with Gasteiger partial charge in [-0.25, -0.2) is 14.8 Å². The standard InChI is InChI=1S/C44H54N10O6S.CH4O/c1-28(2)37(43(56)54-21-9-14-32(54)44(57)59-27-29-11-4-3-5-12-29)33-25-36(51-60-33)58-24-7-6-18-52-19-10-20-53(23-22-52)35-16-17-48-41(49-35)39(46)50-42(55)30-13-8-15-34-38(30)31(26-45)40(47)61-34;1-2/h3-5,11-12,16-17,25,28,30,32,37H,6-10,13-15,18-24,27,47H2,1-2H3,(H2,46,50,55);2H,1H3. The molecule has 17 nitrogen and oxygen atoms in total. The van der Waals surface area contributed by atoms with Gasteiger partial charge in [0, 0.05) is 50.4 Å². The van der Waals surface area contributed by atoms with Gasteiger partial charge in [0.25, 0.3) is 11.8 Å². The molecule has 3 aliphatic rings. The second-order valence-corrected chi connectivity index (χ2v) is 17.3. The number of thiophene rings is 1. The smallest absolute Gasteiger partial charge is 0.329 e. The molecule has 1 aliphatic carbocycles. The Kier molecular flexibility index (Phi) is 16.6. The van der Waals surface area contributed by atoms with Crippen molar-refractivity contribution >= 4 is 45.8 Å². The molecule has 5 heterocycles. The van der Waals surface area contributed by atoms with Gasteiger partial charge < -0.3 is 45.3 Å². The predicted octanol–water partition coefficient (Wildman–Crippen LogP) is 4.79. The third-order valence-electron chi connectivity index (χ3n) is 11.6. The fraction of sp³-hybridized carbons (Fsp3) is 0.511. The van der Waals surface area contributed by atoms with Gasteiger partial charge in [0.05, 0.1) is 18.1 Å². The molecule has 2 amide bonds. The molecule has 3 unspecified atom stereocenters. The number of ether oxygens (including phenoxy) is 2. The number of aliphatic hydroxyl groups excluding tert-OH is 1. The normalized spacial score (nSPS) is 18.4. The van der Waals surface area contributed by atoms with E-state index in [1.165, 1.54) is 11.3 Å². The summed E-state index contributed by atoms with van der Waals surface area (Å²) in [4.78, 5) is 60.7. The van der Waals surface area contributed by atoms with Crippen LogP contribution < -0.4 is 21.1 Å². The van der Waals surface area contributed by atoms with Crippen LogP contribution in [0.25, 0.3) is 0 Å². The Hall–Kier alpha value is -5.90. The molecule has 4 aromatic rings. The number of fused-ring (bicyclic) bond motifs is 1. The van der Waals surface area contributed by atoms with E-state index in [0.717, 1.165) is 94.6 Å². The van der Waals surface area contributed by atoms with Crippen LogP contribution in [0.4, 0.5) is 10.8 Å². The summed E-state index contributed by atoms with van der Waals surface area (Å²) in [7, 11) is 1.00. The van der Waals surface area contributed by atoms with Crippen molar-refractivity contribution in [2.24, 2.45) is 16.6 Å². The average molecular weight is 883 g/mol. The average Bonchev–Trinajstić information content (AvgIpc) is 4.01. The number of benzene rings is 1. The van der Waals surface area contributed by atoms with Crippen molar-refractivity contribution in [3.8, 4) is 11.9 Å². The lowest BCUT2D eigenvalue weighted by molar-refractivity contribution is -0.155. The van der Waals surface area contributed by atoms with E-state index >= 15 is 0 Å². The Morgan fingerprint density at radius 1 is 1.05 bits per heavy atom. The molecule has 0 bridgehead atoms. The van der Waals surface area contributed by atoms with E-state index in [1.807, 2.05) is 50.2 Å². The molecule has 0 spiro atoms. The van der Waals surface area contributed by atoms with Gasteiger partial charge in [0.15, 0.2) is 17.4 Å². The first-order valence-electron chi connectivity index (χ1n) is 21.7. The molecule has 2 fully saturated rings. The highest BCUT2D eigenvalue weighted by atomic mass is 32.1. The number of aliphatic hydroxyl groups is 1. The number of hydrogen-bond donors (Lipinski definition) is 3. The van der Waals surface area contributed by atoms with Crippen molar-refractivity contribution in [2.75, 3.05) is 63.6 Å².